The number of likely N-dealkylation sites (N-methyl/N-ethyl adjacent to an activating group) is 1. The normalized spacial score (nSPS) is 10.3. The molecule has 1 aromatic heterocycles. The Bertz CT molecular complexity index is 436. The number of fused-ring (bicyclic) bond motifs is 1. The monoisotopic (exact) mass is 225 g/mol. The van der Waals surface area contributed by atoms with E-state index < -0.39 is 0 Å². The van der Waals surface area contributed by atoms with Gasteiger partial charge in [0.05, 0.1) is 11.0 Å². The van der Waals surface area contributed by atoms with E-state index in [2.05, 4.69) is 40.4 Å². The summed E-state index contributed by atoms with van der Waals surface area (Å²) in [5.41, 5.74) is 3.46. The number of nitrogens with zero attached hydrogens (tertiary/aromatic N) is 1. The van der Waals surface area contributed by atoms with E-state index in [0.717, 1.165) is 29.8 Å². The van der Waals surface area contributed by atoms with Gasteiger partial charge in [-0.2, -0.15) is 0 Å². The molecule has 0 saturated carbocycles. The molecule has 1 heterocycles. The molecule has 2 aromatic rings. The van der Waals surface area contributed by atoms with E-state index in [1.807, 2.05) is 7.05 Å². The second kappa shape index (κ2) is 5.14. The molecule has 3 nitrogen and oxygen atoms in total. The van der Waals surface area contributed by atoms with Gasteiger partial charge in [0.1, 0.15) is 5.82 Å². The highest BCUT2D eigenvalue weighted by Crippen LogP contribution is 2.15. The molecule has 15 heavy (non-hydrogen) atoms. The van der Waals surface area contributed by atoms with Crippen molar-refractivity contribution in [2.24, 2.45) is 0 Å². The second-order valence-electron chi connectivity index (χ2n) is 3.51. The summed E-state index contributed by atoms with van der Waals surface area (Å²) >= 11 is 0. The Hall–Kier alpha value is -1.06. The quantitative estimate of drug-likeness (QED) is 0.840. The average Bonchev–Trinajstić information content (AvgIpc) is 2.59. The van der Waals surface area contributed by atoms with Crippen LogP contribution in [0, 0.1) is 6.92 Å². The summed E-state index contributed by atoms with van der Waals surface area (Å²) in [4.78, 5) is 7.87. The van der Waals surface area contributed by atoms with Crippen LogP contribution in [0.1, 0.15) is 11.4 Å². The van der Waals surface area contributed by atoms with Crippen LogP contribution in [-0.4, -0.2) is 23.6 Å². The standard InChI is InChI=1S/C11H15N3.ClH/c1-8-4-3-5-9-11(8)14-10(13-9)6-7-12-2;/h3-5,12H,6-7H2,1-2H3,(H,13,14);1H. The number of aromatic nitrogens is 2. The van der Waals surface area contributed by atoms with Crippen LogP contribution in [0.25, 0.3) is 11.0 Å². The third-order valence-corrected chi connectivity index (χ3v) is 2.38. The van der Waals surface area contributed by atoms with E-state index in [-0.39, 0.29) is 12.4 Å². The number of halogens is 1. The minimum atomic E-state index is 0. The molecule has 1 aromatic carbocycles. The van der Waals surface area contributed by atoms with Gasteiger partial charge in [-0.25, -0.2) is 4.98 Å². The van der Waals surface area contributed by atoms with Gasteiger partial charge >= 0.3 is 0 Å². The lowest BCUT2D eigenvalue weighted by molar-refractivity contribution is 0.766. The number of para-hydroxylation sites is 1. The summed E-state index contributed by atoms with van der Waals surface area (Å²) in [6, 6.07) is 6.21. The van der Waals surface area contributed by atoms with Crippen molar-refractivity contribution in [2.45, 2.75) is 13.3 Å². The third kappa shape index (κ3) is 2.49. The molecule has 0 fully saturated rings. The van der Waals surface area contributed by atoms with Crippen LogP contribution in [0.3, 0.4) is 0 Å². The number of benzene rings is 1. The Morgan fingerprint density at radius 1 is 1.40 bits per heavy atom. The van der Waals surface area contributed by atoms with E-state index in [9.17, 15) is 0 Å². The topological polar surface area (TPSA) is 40.7 Å². The number of imidazole rings is 1. The van der Waals surface area contributed by atoms with Gasteiger partial charge in [0, 0.05) is 13.0 Å². The number of hydrogen-bond donors (Lipinski definition) is 2. The molecule has 0 aliphatic rings. The van der Waals surface area contributed by atoms with E-state index >= 15 is 0 Å². The number of aromatic amines is 1. The van der Waals surface area contributed by atoms with Crippen LogP contribution < -0.4 is 5.32 Å². The fraction of sp³-hybridized carbons (Fsp3) is 0.364. The zero-order valence-corrected chi connectivity index (χ0v) is 9.82. The van der Waals surface area contributed by atoms with E-state index in [1.54, 1.807) is 0 Å². The number of H-pyrrole nitrogens is 1. The molecule has 0 saturated heterocycles. The van der Waals surface area contributed by atoms with Gasteiger partial charge in [-0.15, -0.1) is 12.4 Å². The lowest BCUT2D eigenvalue weighted by Crippen LogP contribution is -2.10. The van der Waals surface area contributed by atoms with Gasteiger partial charge in [0.15, 0.2) is 0 Å². The van der Waals surface area contributed by atoms with Crippen molar-refractivity contribution in [1.29, 1.82) is 0 Å². The number of nitrogens with one attached hydrogen (secondary N) is 2. The Balaban J connectivity index is 0.00000112. The maximum absolute atomic E-state index is 4.55. The minimum absolute atomic E-state index is 0. The lowest BCUT2D eigenvalue weighted by atomic mass is 10.2. The Morgan fingerprint density at radius 3 is 2.87 bits per heavy atom. The SMILES string of the molecule is CNCCc1nc2c(C)cccc2[nH]1.Cl. The fourth-order valence-electron chi connectivity index (χ4n) is 1.59. The van der Waals surface area contributed by atoms with Crippen molar-refractivity contribution in [1.82, 2.24) is 15.3 Å². The number of aryl methyl sites for hydroxylation is 1. The maximum Gasteiger partial charge on any atom is 0.108 e. The highest BCUT2D eigenvalue weighted by molar-refractivity contribution is 5.85. The van der Waals surface area contributed by atoms with Gasteiger partial charge in [0.2, 0.25) is 0 Å². The maximum atomic E-state index is 4.55. The highest BCUT2D eigenvalue weighted by Gasteiger charge is 2.03. The predicted octanol–water partition coefficient (Wildman–Crippen LogP) is 2.06. The van der Waals surface area contributed by atoms with Gasteiger partial charge in [-0.05, 0) is 25.6 Å². The van der Waals surface area contributed by atoms with Crippen LogP contribution in [0.2, 0.25) is 0 Å². The summed E-state index contributed by atoms with van der Waals surface area (Å²) < 4.78 is 0. The first-order valence-electron chi connectivity index (χ1n) is 4.90. The molecule has 0 bridgehead atoms. The first kappa shape index (κ1) is 12.0. The van der Waals surface area contributed by atoms with Crippen molar-refractivity contribution >= 4 is 23.4 Å². The molecule has 0 radical (unpaired) electrons. The average molecular weight is 226 g/mol. The van der Waals surface area contributed by atoms with Crippen LogP contribution in [-0.2, 0) is 6.42 Å². The molecule has 2 N–H and O–H groups in total. The van der Waals surface area contributed by atoms with Gasteiger partial charge in [-0.1, -0.05) is 12.1 Å². The number of rotatable bonds is 3. The highest BCUT2D eigenvalue weighted by atomic mass is 35.5. The molecular weight excluding hydrogens is 210 g/mol. The molecule has 0 unspecified atom stereocenters. The molecule has 82 valence electrons. The molecule has 0 aliphatic carbocycles. The Labute approximate surface area is 95.7 Å². The summed E-state index contributed by atoms with van der Waals surface area (Å²) in [6.45, 7) is 3.05. The van der Waals surface area contributed by atoms with E-state index in [4.69, 9.17) is 0 Å². The largest absolute Gasteiger partial charge is 0.342 e. The summed E-state index contributed by atoms with van der Waals surface area (Å²) in [5, 5.41) is 3.12. The second-order valence-corrected chi connectivity index (χ2v) is 3.51. The van der Waals surface area contributed by atoms with Crippen molar-refractivity contribution in [3.8, 4) is 0 Å². The third-order valence-electron chi connectivity index (χ3n) is 2.38. The smallest absolute Gasteiger partial charge is 0.108 e. The summed E-state index contributed by atoms with van der Waals surface area (Å²) in [7, 11) is 1.95. The Kier molecular flexibility index (Phi) is 4.12. The predicted molar refractivity (Wildman–Crippen MR) is 65.7 cm³/mol. The van der Waals surface area contributed by atoms with Crippen molar-refractivity contribution in [3.63, 3.8) is 0 Å². The van der Waals surface area contributed by atoms with Crippen LogP contribution in [0.15, 0.2) is 18.2 Å². The van der Waals surface area contributed by atoms with E-state index in [0.29, 0.717) is 0 Å². The van der Waals surface area contributed by atoms with Crippen molar-refractivity contribution in [3.05, 3.63) is 29.6 Å². The fourth-order valence-corrected chi connectivity index (χ4v) is 1.59. The molecular formula is C11H16ClN3. The molecule has 0 spiro atoms. The Morgan fingerprint density at radius 2 is 2.20 bits per heavy atom. The molecule has 2 rings (SSSR count). The van der Waals surface area contributed by atoms with Gasteiger partial charge < -0.3 is 10.3 Å². The molecule has 0 atom stereocenters. The summed E-state index contributed by atoms with van der Waals surface area (Å²) in [5.74, 6) is 1.06. The lowest BCUT2D eigenvalue weighted by Gasteiger charge is -1.93. The summed E-state index contributed by atoms with van der Waals surface area (Å²) in [6.07, 6.45) is 0.949. The van der Waals surface area contributed by atoms with Crippen LogP contribution in [0.5, 0.6) is 0 Å². The van der Waals surface area contributed by atoms with Crippen LogP contribution >= 0.6 is 12.4 Å². The molecule has 0 aliphatic heterocycles. The molecule has 0 amide bonds. The minimum Gasteiger partial charge on any atom is -0.342 e. The van der Waals surface area contributed by atoms with E-state index in [1.165, 1.54) is 5.56 Å². The first-order chi connectivity index (χ1) is 6.81. The number of hydrogen-bond acceptors (Lipinski definition) is 2. The van der Waals surface area contributed by atoms with Gasteiger partial charge in [0.25, 0.3) is 0 Å². The van der Waals surface area contributed by atoms with Gasteiger partial charge in [-0.3, -0.25) is 0 Å². The van der Waals surface area contributed by atoms with Crippen molar-refractivity contribution in [2.75, 3.05) is 13.6 Å². The zero-order valence-electron chi connectivity index (χ0n) is 9.00. The van der Waals surface area contributed by atoms with Crippen LogP contribution in [0.4, 0.5) is 0 Å². The molecule has 4 heteroatoms. The van der Waals surface area contributed by atoms with Crippen molar-refractivity contribution < 1.29 is 0 Å². The first-order valence-corrected chi connectivity index (χ1v) is 4.90. The zero-order chi connectivity index (χ0) is 9.97.